The molecule has 1 heterocycles. The first-order chi connectivity index (χ1) is 13.0. The maximum absolute atomic E-state index is 11.6. The maximum atomic E-state index is 11.6. The minimum Gasteiger partial charge on any atom is -0.368 e. The maximum Gasteiger partial charge on any atom is 0.209 e. The molecule has 0 radical (unpaired) electrons. The molecule has 7 nitrogen and oxygen atoms in total. The Bertz CT molecular complexity index is 797. The quantitative estimate of drug-likeness (QED) is 0.553. The topological polar surface area (TPSA) is 77.0 Å². The van der Waals surface area contributed by atoms with Crippen molar-refractivity contribution in [3.8, 4) is 0 Å². The number of guanidine groups is 1. The number of nitrogens with zero attached hydrogens (tertiary/aromatic N) is 3. The fourth-order valence-electron chi connectivity index (χ4n) is 3.47. The van der Waals surface area contributed by atoms with Crippen LogP contribution in [0.5, 0.6) is 0 Å². The molecule has 158 valence electrons. The van der Waals surface area contributed by atoms with Crippen molar-refractivity contribution in [2.24, 2.45) is 4.99 Å². The first-order valence-corrected chi connectivity index (χ1v) is 11.7. The van der Waals surface area contributed by atoms with Crippen LogP contribution < -0.4 is 14.9 Å². The monoisotopic (exact) mass is 409 g/mol. The van der Waals surface area contributed by atoms with Gasteiger partial charge in [-0.15, -0.1) is 0 Å². The Morgan fingerprint density at radius 3 is 2.39 bits per heavy atom. The van der Waals surface area contributed by atoms with Gasteiger partial charge in [-0.05, 0) is 51.8 Å². The van der Waals surface area contributed by atoms with Crippen LogP contribution in [0, 0.1) is 13.8 Å². The summed E-state index contributed by atoms with van der Waals surface area (Å²) in [5, 5.41) is 3.34. The second kappa shape index (κ2) is 9.13. The van der Waals surface area contributed by atoms with Crippen LogP contribution in [0.3, 0.4) is 0 Å². The molecule has 1 saturated heterocycles. The minimum atomic E-state index is -3.27. The molecule has 0 unspecified atom stereocenters. The number of rotatable bonds is 6. The summed E-state index contributed by atoms with van der Waals surface area (Å²) in [6.07, 6.45) is 1.18. The third-order valence-corrected chi connectivity index (χ3v) is 5.84. The van der Waals surface area contributed by atoms with Crippen molar-refractivity contribution < 1.29 is 8.42 Å². The summed E-state index contributed by atoms with van der Waals surface area (Å²) < 4.78 is 25.7. The van der Waals surface area contributed by atoms with Crippen molar-refractivity contribution >= 4 is 21.7 Å². The van der Waals surface area contributed by atoms with E-state index >= 15 is 0 Å². The fraction of sp³-hybridized carbons (Fsp3) is 0.650. The van der Waals surface area contributed by atoms with Gasteiger partial charge in [0.2, 0.25) is 10.0 Å². The van der Waals surface area contributed by atoms with Crippen molar-refractivity contribution in [1.82, 2.24) is 14.9 Å². The van der Waals surface area contributed by atoms with E-state index in [0.717, 1.165) is 38.7 Å². The van der Waals surface area contributed by atoms with Crippen LogP contribution in [-0.4, -0.2) is 70.3 Å². The average molecular weight is 410 g/mol. The van der Waals surface area contributed by atoms with E-state index < -0.39 is 15.6 Å². The fourth-order valence-corrected chi connectivity index (χ4v) is 4.54. The molecule has 2 rings (SSSR count). The van der Waals surface area contributed by atoms with Crippen LogP contribution in [0.4, 0.5) is 5.69 Å². The minimum absolute atomic E-state index is 0.375. The van der Waals surface area contributed by atoms with Gasteiger partial charge < -0.3 is 15.1 Å². The van der Waals surface area contributed by atoms with Gasteiger partial charge in [-0.3, -0.25) is 4.99 Å². The number of benzene rings is 1. The normalized spacial score (nSPS) is 16.4. The summed E-state index contributed by atoms with van der Waals surface area (Å²) in [5.41, 5.74) is 3.33. The van der Waals surface area contributed by atoms with Crippen LogP contribution in [0.2, 0.25) is 0 Å². The molecule has 1 aromatic rings. The molecule has 0 amide bonds. The number of sulfonamides is 1. The zero-order valence-corrected chi connectivity index (χ0v) is 18.9. The van der Waals surface area contributed by atoms with Gasteiger partial charge in [-0.1, -0.05) is 12.1 Å². The summed E-state index contributed by atoms with van der Waals surface area (Å²) in [4.78, 5) is 9.39. The van der Waals surface area contributed by atoms with Gasteiger partial charge in [0.25, 0.3) is 0 Å². The molecule has 1 aromatic carbocycles. The van der Waals surface area contributed by atoms with Crippen LogP contribution in [0.1, 0.15) is 31.9 Å². The van der Waals surface area contributed by atoms with E-state index in [1.807, 2.05) is 20.8 Å². The molecule has 0 bridgehead atoms. The average Bonchev–Trinajstić information content (AvgIpc) is 2.59. The molecular weight excluding hydrogens is 374 g/mol. The predicted octanol–water partition coefficient (Wildman–Crippen LogP) is 1.72. The van der Waals surface area contributed by atoms with Crippen LogP contribution in [0.15, 0.2) is 23.2 Å². The number of hydrogen-bond acceptors (Lipinski definition) is 4. The molecule has 1 aliphatic rings. The Kier molecular flexibility index (Phi) is 7.33. The highest BCUT2D eigenvalue weighted by Gasteiger charge is 2.24. The molecule has 1 aliphatic heterocycles. The highest BCUT2D eigenvalue weighted by Crippen LogP contribution is 2.23. The summed E-state index contributed by atoms with van der Waals surface area (Å²) in [6.45, 7) is 14.8. The summed E-state index contributed by atoms with van der Waals surface area (Å²) in [7, 11) is -3.27. The van der Waals surface area contributed by atoms with Crippen molar-refractivity contribution in [3.05, 3.63) is 29.3 Å². The smallest absolute Gasteiger partial charge is 0.209 e. The van der Waals surface area contributed by atoms with Crippen molar-refractivity contribution in [3.63, 3.8) is 0 Å². The lowest BCUT2D eigenvalue weighted by Gasteiger charge is -2.38. The Labute approximate surface area is 170 Å². The van der Waals surface area contributed by atoms with Crippen molar-refractivity contribution in [2.75, 3.05) is 50.4 Å². The highest BCUT2D eigenvalue weighted by atomic mass is 32.2. The first kappa shape index (κ1) is 22.5. The van der Waals surface area contributed by atoms with E-state index in [0.29, 0.717) is 6.54 Å². The SMILES string of the molecule is CCNC(=NCC(C)(C)NS(C)(=O)=O)N1CCN(c2cccc(C)c2C)CC1. The van der Waals surface area contributed by atoms with Crippen LogP contribution in [-0.2, 0) is 10.0 Å². The number of piperazine rings is 1. The number of hydrogen-bond donors (Lipinski definition) is 2. The number of anilines is 1. The molecule has 8 heteroatoms. The van der Waals surface area contributed by atoms with Gasteiger partial charge in [-0.25, -0.2) is 13.1 Å². The second-order valence-corrected chi connectivity index (χ2v) is 9.87. The summed E-state index contributed by atoms with van der Waals surface area (Å²) in [5.74, 6) is 0.839. The molecule has 0 spiro atoms. The van der Waals surface area contributed by atoms with E-state index in [1.54, 1.807) is 0 Å². The van der Waals surface area contributed by atoms with Crippen LogP contribution >= 0.6 is 0 Å². The lowest BCUT2D eigenvalue weighted by molar-refractivity contribution is 0.369. The van der Waals surface area contributed by atoms with Gasteiger partial charge in [-0.2, -0.15) is 0 Å². The third-order valence-electron chi connectivity index (χ3n) is 4.92. The Balaban J connectivity index is 2.05. The zero-order valence-electron chi connectivity index (χ0n) is 18.0. The number of nitrogens with one attached hydrogen (secondary N) is 2. The van der Waals surface area contributed by atoms with Gasteiger partial charge in [0, 0.05) is 44.0 Å². The highest BCUT2D eigenvalue weighted by molar-refractivity contribution is 7.88. The van der Waals surface area contributed by atoms with Gasteiger partial charge >= 0.3 is 0 Å². The van der Waals surface area contributed by atoms with Crippen molar-refractivity contribution in [1.29, 1.82) is 0 Å². The summed E-state index contributed by atoms with van der Waals surface area (Å²) in [6, 6.07) is 6.46. The zero-order chi connectivity index (χ0) is 20.9. The van der Waals surface area contributed by atoms with Crippen LogP contribution in [0.25, 0.3) is 0 Å². The second-order valence-electron chi connectivity index (χ2n) is 8.12. The van der Waals surface area contributed by atoms with Gasteiger partial charge in [0.1, 0.15) is 0 Å². The van der Waals surface area contributed by atoms with Gasteiger partial charge in [0.05, 0.1) is 12.8 Å². The molecule has 1 fully saturated rings. The molecule has 0 atom stereocenters. The Morgan fingerprint density at radius 2 is 1.82 bits per heavy atom. The van der Waals surface area contributed by atoms with Crippen molar-refractivity contribution in [2.45, 2.75) is 40.2 Å². The lowest BCUT2D eigenvalue weighted by atomic mass is 10.1. The Morgan fingerprint density at radius 1 is 1.18 bits per heavy atom. The van der Waals surface area contributed by atoms with E-state index in [2.05, 4.69) is 51.9 Å². The predicted molar refractivity (Wildman–Crippen MR) is 118 cm³/mol. The van der Waals surface area contributed by atoms with E-state index in [9.17, 15) is 8.42 Å². The first-order valence-electron chi connectivity index (χ1n) is 9.86. The molecule has 0 aliphatic carbocycles. The molecular formula is C20H35N5O2S. The number of aryl methyl sites for hydroxylation is 1. The van der Waals surface area contributed by atoms with Gasteiger partial charge in [0.15, 0.2) is 5.96 Å². The number of aliphatic imine (C=N–C) groups is 1. The molecule has 28 heavy (non-hydrogen) atoms. The molecule has 0 aromatic heterocycles. The molecule has 2 N–H and O–H groups in total. The lowest BCUT2D eigenvalue weighted by Crippen LogP contribution is -2.53. The Hall–Kier alpha value is -1.80. The largest absolute Gasteiger partial charge is 0.368 e. The molecule has 0 saturated carbocycles. The third kappa shape index (κ3) is 6.38. The standard InChI is InChI=1S/C20H35N5O2S/c1-7-21-19(22-15-20(4,5)23-28(6,26)27)25-13-11-24(12-14-25)18-10-8-9-16(2)17(18)3/h8-10,23H,7,11-15H2,1-6H3,(H,21,22). The summed E-state index contributed by atoms with van der Waals surface area (Å²) >= 11 is 0. The van der Waals surface area contributed by atoms with E-state index in [4.69, 9.17) is 4.99 Å². The van der Waals surface area contributed by atoms with E-state index in [1.165, 1.54) is 23.1 Å². The van der Waals surface area contributed by atoms with E-state index in [-0.39, 0.29) is 0 Å².